The Morgan fingerprint density at radius 3 is 1.88 bits per heavy atom. The zero-order chi connectivity index (χ0) is 42.7. The van der Waals surface area contributed by atoms with Crippen molar-refractivity contribution in [1.29, 1.82) is 0 Å². The lowest BCUT2D eigenvalue weighted by molar-refractivity contribution is -0.159. The van der Waals surface area contributed by atoms with Gasteiger partial charge >= 0.3 is 47.8 Å². The van der Waals surface area contributed by atoms with Crippen LogP contribution in [-0.4, -0.2) is 155 Å². The van der Waals surface area contributed by atoms with Gasteiger partial charge in [0, 0.05) is 43.8 Å². The first-order valence-corrected chi connectivity index (χ1v) is 16.5. The van der Waals surface area contributed by atoms with Crippen LogP contribution in [0, 0.1) is 0 Å². The minimum Gasteiger partial charge on any atom is -0.473 e. The van der Waals surface area contributed by atoms with Crippen molar-refractivity contribution in [2.75, 3.05) is 36.8 Å². The molecule has 26 heteroatoms. The summed E-state index contributed by atoms with van der Waals surface area (Å²) >= 11 is 1.63. The van der Waals surface area contributed by atoms with Gasteiger partial charge < -0.3 is 61.0 Å². The smallest absolute Gasteiger partial charge is 0.414 e. The number of hydrogen-bond donors (Lipinski definition) is 11. The van der Waals surface area contributed by atoms with Crippen molar-refractivity contribution in [3.05, 3.63) is 59.3 Å². The molecule has 5 aromatic rings. The summed E-state index contributed by atoms with van der Waals surface area (Å²) in [5.41, 5.74) is 6.96. The first-order valence-electron chi connectivity index (χ1n) is 15.6. The average molecular weight is 820 g/mol. The Kier molecular flexibility index (Phi) is 17.9. The third-order valence-corrected chi connectivity index (χ3v) is 7.44. The van der Waals surface area contributed by atoms with E-state index in [2.05, 4.69) is 63.6 Å². The van der Waals surface area contributed by atoms with Crippen molar-refractivity contribution < 1.29 is 79.2 Å². The van der Waals surface area contributed by atoms with Gasteiger partial charge in [0.2, 0.25) is 11.9 Å². The number of aromatic nitrogens is 6. The van der Waals surface area contributed by atoms with Crippen molar-refractivity contribution in [2.45, 2.75) is 19.0 Å². The van der Waals surface area contributed by atoms with E-state index in [-0.39, 0.29) is 0 Å². The molecule has 6 rings (SSSR count). The fourth-order valence-electron chi connectivity index (χ4n) is 4.43. The van der Waals surface area contributed by atoms with Crippen LogP contribution in [0.15, 0.2) is 53.6 Å². The van der Waals surface area contributed by atoms with Crippen LogP contribution in [0.2, 0.25) is 0 Å². The lowest BCUT2D eigenvalue weighted by Gasteiger charge is -2.18. The number of para-hydroxylation sites is 2. The number of thiazole rings is 1. The van der Waals surface area contributed by atoms with Gasteiger partial charge in [-0.1, -0.05) is 12.1 Å². The number of carboxylic acids is 8. The number of nitrogens with one attached hydrogen (secondary N) is 3. The third kappa shape index (κ3) is 16.0. The molecule has 25 nitrogen and oxygen atoms in total. The Hall–Kier alpha value is -7.74. The summed E-state index contributed by atoms with van der Waals surface area (Å²) in [5.74, 6) is -12.9. The van der Waals surface area contributed by atoms with Crippen molar-refractivity contribution in [1.82, 2.24) is 34.4 Å². The predicted octanol–water partition coefficient (Wildman–Crippen LogP) is 0.0331. The molecule has 1 aliphatic rings. The van der Waals surface area contributed by atoms with Gasteiger partial charge in [0.25, 0.3) is 0 Å². The third-order valence-electron chi connectivity index (χ3n) is 6.80. The molecule has 0 spiro atoms. The second-order valence-corrected chi connectivity index (χ2v) is 11.5. The normalized spacial score (nSPS) is 12.7. The molecule has 0 radical (unpaired) electrons. The number of H-pyrrole nitrogens is 1. The number of hydrogen-bond acceptors (Lipinski definition) is 16. The molecule has 1 fully saturated rings. The molecule has 57 heavy (non-hydrogen) atoms. The van der Waals surface area contributed by atoms with E-state index in [4.69, 9.17) is 84.2 Å². The van der Waals surface area contributed by atoms with Gasteiger partial charge in [0.1, 0.15) is 5.52 Å². The highest BCUT2D eigenvalue weighted by Crippen LogP contribution is 2.23. The number of nitrogens with zero attached hydrogens (tertiary/aromatic N) is 6. The maximum Gasteiger partial charge on any atom is 0.414 e. The zero-order valence-electron chi connectivity index (χ0n) is 29.0. The van der Waals surface area contributed by atoms with Gasteiger partial charge in [0.05, 0.1) is 40.5 Å². The maximum atomic E-state index is 9.10. The summed E-state index contributed by atoms with van der Waals surface area (Å²) in [4.78, 5) is 96.6. The zero-order valence-corrected chi connectivity index (χ0v) is 29.8. The lowest BCUT2D eigenvalue weighted by Crippen LogP contribution is -2.30. The number of anilines is 2. The standard InChI is InChI=1S/C23H25N9S.4C2H2O4/c1-2-4-21-19(3-1)30-23(32(21)13-17-14-33-15-26-17)27-16-6-9-31(12-16)10-8-25-22-28-18-5-7-24-11-20(18)29-22;4*3-1(4)2(5)6/h1-5,7,11,14-16H,6,8-10,12-13H2,(H,27,30)(H2,25,28,29);4*(H,3,4)(H,5,6). The van der Waals surface area contributed by atoms with Gasteiger partial charge in [-0.25, -0.2) is 53.3 Å². The SMILES string of the molecule is O=C(O)C(=O)O.O=C(O)C(=O)O.O=C(O)C(=O)O.O=C(O)C(=O)O.c1ccc2c(c1)nc(NC1CCN(CCNc3nc4cnccc4[nH]3)C1)n2Cc1cscn1. The van der Waals surface area contributed by atoms with Gasteiger partial charge in [-0.15, -0.1) is 11.3 Å². The number of carbonyl (C=O) groups is 8. The molecule has 304 valence electrons. The molecule has 0 amide bonds. The molecule has 11 N–H and O–H groups in total. The summed E-state index contributed by atoms with van der Waals surface area (Å²) in [6.07, 6.45) is 4.64. The summed E-state index contributed by atoms with van der Waals surface area (Å²) in [5, 5.41) is 68.3. The number of rotatable bonds is 8. The number of carboxylic acid groups (broad SMARTS) is 8. The number of benzene rings is 1. The molecule has 1 unspecified atom stereocenters. The average Bonchev–Trinajstić information content (AvgIpc) is 3.97. The number of aromatic amines is 1. The Bertz CT molecular complexity index is 2010. The largest absolute Gasteiger partial charge is 0.473 e. The summed E-state index contributed by atoms with van der Waals surface area (Å²) in [7, 11) is 0. The Morgan fingerprint density at radius 2 is 1.35 bits per heavy atom. The molecule has 1 aliphatic heterocycles. The van der Waals surface area contributed by atoms with Crippen LogP contribution in [0.25, 0.3) is 22.1 Å². The monoisotopic (exact) mass is 819 g/mol. The molecular weight excluding hydrogens is 786 g/mol. The molecule has 5 heterocycles. The van der Waals surface area contributed by atoms with Crippen LogP contribution in [0.5, 0.6) is 0 Å². The first-order chi connectivity index (χ1) is 26.9. The molecule has 0 saturated carbocycles. The molecule has 1 aromatic carbocycles. The highest BCUT2D eigenvalue weighted by atomic mass is 32.1. The second-order valence-electron chi connectivity index (χ2n) is 10.8. The molecule has 4 aromatic heterocycles. The quantitative estimate of drug-likeness (QED) is 0.0920. The van der Waals surface area contributed by atoms with Crippen LogP contribution in [0.3, 0.4) is 0 Å². The van der Waals surface area contributed by atoms with E-state index in [0.717, 1.165) is 78.8 Å². The second kappa shape index (κ2) is 22.5. The first kappa shape index (κ1) is 45.4. The maximum absolute atomic E-state index is 9.10. The van der Waals surface area contributed by atoms with E-state index in [1.165, 1.54) is 0 Å². The van der Waals surface area contributed by atoms with E-state index in [0.29, 0.717) is 6.04 Å². The van der Waals surface area contributed by atoms with Crippen molar-refractivity contribution in [2.24, 2.45) is 0 Å². The summed E-state index contributed by atoms with van der Waals surface area (Å²) < 4.78 is 2.24. The van der Waals surface area contributed by atoms with E-state index < -0.39 is 47.8 Å². The molecule has 1 saturated heterocycles. The van der Waals surface area contributed by atoms with Gasteiger partial charge in [-0.2, -0.15) is 0 Å². The van der Waals surface area contributed by atoms with Crippen LogP contribution in [0.1, 0.15) is 12.1 Å². The Morgan fingerprint density at radius 1 is 0.772 bits per heavy atom. The Balaban J connectivity index is 0.000000382. The number of imidazole rings is 2. The van der Waals surface area contributed by atoms with Crippen LogP contribution < -0.4 is 10.6 Å². The minimum atomic E-state index is -1.82. The number of pyridine rings is 1. The van der Waals surface area contributed by atoms with E-state index in [1.807, 2.05) is 17.6 Å². The van der Waals surface area contributed by atoms with Gasteiger partial charge in [-0.3, -0.25) is 9.88 Å². The van der Waals surface area contributed by atoms with E-state index in [9.17, 15) is 0 Å². The molecule has 1 atom stereocenters. The van der Waals surface area contributed by atoms with Crippen molar-refractivity contribution >= 4 is 93.1 Å². The van der Waals surface area contributed by atoms with Crippen LogP contribution in [-0.2, 0) is 44.9 Å². The van der Waals surface area contributed by atoms with Gasteiger partial charge in [-0.05, 0) is 24.6 Å². The van der Waals surface area contributed by atoms with Crippen LogP contribution >= 0.6 is 11.3 Å². The molecule has 0 bridgehead atoms. The minimum absolute atomic E-state index is 0.369. The fraction of sp³-hybridized carbons (Fsp3) is 0.226. The van der Waals surface area contributed by atoms with E-state index >= 15 is 0 Å². The Labute approximate surface area is 321 Å². The molecular formula is C31H33N9O16S. The van der Waals surface area contributed by atoms with Crippen molar-refractivity contribution in [3.8, 4) is 0 Å². The number of fused-ring (bicyclic) bond motifs is 2. The van der Waals surface area contributed by atoms with Gasteiger partial charge in [0.15, 0.2) is 0 Å². The molecule has 0 aliphatic carbocycles. The highest BCUT2D eigenvalue weighted by molar-refractivity contribution is 7.07. The predicted molar refractivity (Wildman–Crippen MR) is 193 cm³/mol. The van der Waals surface area contributed by atoms with E-state index in [1.54, 1.807) is 23.7 Å². The summed E-state index contributed by atoms with van der Waals surface area (Å²) in [6.45, 7) is 4.58. The summed E-state index contributed by atoms with van der Waals surface area (Å²) in [6, 6.07) is 10.6. The topological polar surface area (TPSA) is 398 Å². The highest BCUT2D eigenvalue weighted by Gasteiger charge is 2.24. The lowest BCUT2D eigenvalue weighted by atomic mass is 10.3. The van der Waals surface area contributed by atoms with Crippen LogP contribution in [0.4, 0.5) is 11.9 Å². The van der Waals surface area contributed by atoms with Crippen molar-refractivity contribution in [3.63, 3.8) is 0 Å². The fourth-order valence-corrected chi connectivity index (χ4v) is 4.98. The number of aliphatic carboxylic acids is 8. The number of likely N-dealkylation sites (tertiary alicyclic amines) is 1.